The SMILES string of the molecule is CC1CC(C)CC(NS(=O)(=O)c2c(N)cccc2F)C1. The third-order valence-electron chi connectivity index (χ3n) is 3.77. The van der Waals surface area contributed by atoms with E-state index in [1.807, 2.05) is 0 Å². The predicted molar refractivity (Wildman–Crippen MR) is 77.1 cm³/mol. The number of nitrogen functional groups attached to an aromatic ring is 1. The van der Waals surface area contributed by atoms with Crippen LogP contribution in [0, 0.1) is 17.7 Å². The van der Waals surface area contributed by atoms with Crippen molar-refractivity contribution in [3.05, 3.63) is 24.0 Å². The fourth-order valence-corrected chi connectivity index (χ4v) is 4.58. The summed E-state index contributed by atoms with van der Waals surface area (Å²) in [4.78, 5) is -0.439. The molecule has 20 heavy (non-hydrogen) atoms. The summed E-state index contributed by atoms with van der Waals surface area (Å²) in [6.07, 6.45) is 2.65. The van der Waals surface area contributed by atoms with Gasteiger partial charge >= 0.3 is 0 Å². The molecular formula is C14H21FN2O2S. The molecule has 2 atom stereocenters. The summed E-state index contributed by atoms with van der Waals surface area (Å²) >= 11 is 0. The van der Waals surface area contributed by atoms with Gasteiger partial charge in [0, 0.05) is 6.04 Å². The molecule has 1 aromatic carbocycles. The van der Waals surface area contributed by atoms with E-state index < -0.39 is 20.7 Å². The zero-order chi connectivity index (χ0) is 14.9. The molecule has 0 heterocycles. The molecule has 3 N–H and O–H groups in total. The first-order valence-corrected chi connectivity index (χ1v) is 8.34. The van der Waals surface area contributed by atoms with Crippen molar-refractivity contribution in [1.82, 2.24) is 4.72 Å². The molecule has 1 fully saturated rings. The lowest BCUT2D eigenvalue weighted by molar-refractivity contribution is 0.257. The molecule has 0 bridgehead atoms. The van der Waals surface area contributed by atoms with Gasteiger partial charge < -0.3 is 5.73 Å². The van der Waals surface area contributed by atoms with Crippen LogP contribution in [0.2, 0.25) is 0 Å². The van der Waals surface area contributed by atoms with Crippen molar-refractivity contribution in [2.45, 2.75) is 44.0 Å². The van der Waals surface area contributed by atoms with Gasteiger partial charge in [0.15, 0.2) is 0 Å². The van der Waals surface area contributed by atoms with Crippen LogP contribution in [0.5, 0.6) is 0 Å². The van der Waals surface area contributed by atoms with Crippen molar-refractivity contribution in [2.75, 3.05) is 5.73 Å². The molecule has 112 valence electrons. The van der Waals surface area contributed by atoms with Gasteiger partial charge in [0.05, 0.1) is 5.69 Å². The average molecular weight is 300 g/mol. The number of hydrogen-bond donors (Lipinski definition) is 2. The lowest BCUT2D eigenvalue weighted by Gasteiger charge is -2.31. The zero-order valence-electron chi connectivity index (χ0n) is 11.8. The molecule has 1 aliphatic rings. The van der Waals surface area contributed by atoms with E-state index in [1.54, 1.807) is 0 Å². The van der Waals surface area contributed by atoms with Gasteiger partial charge in [-0.3, -0.25) is 0 Å². The number of sulfonamides is 1. The first kappa shape index (κ1) is 15.3. The second kappa shape index (κ2) is 5.69. The summed E-state index contributed by atoms with van der Waals surface area (Å²) < 4.78 is 41.0. The van der Waals surface area contributed by atoms with E-state index in [1.165, 1.54) is 12.1 Å². The maximum Gasteiger partial charge on any atom is 0.245 e. The Kier molecular flexibility index (Phi) is 4.34. The lowest BCUT2D eigenvalue weighted by Crippen LogP contribution is -2.40. The first-order valence-electron chi connectivity index (χ1n) is 6.86. The molecule has 1 aliphatic carbocycles. The lowest BCUT2D eigenvalue weighted by atomic mass is 9.81. The normalized spacial score (nSPS) is 27.4. The van der Waals surface area contributed by atoms with Crippen LogP contribution in [0.25, 0.3) is 0 Å². The monoisotopic (exact) mass is 300 g/mol. The molecule has 1 saturated carbocycles. The predicted octanol–water partition coefficient (Wildman–Crippen LogP) is 2.51. The number of benzene rings is 1. The van der Waals surface area contributed by atoms with Gasteiger partial charge in [0.25, 0.3) is 0 Å². The van der Waals surface area contributed by atoms with Crippen LogP contribution in [-0.2, 0) is 10.0 Å². The third kappa shape index (κ3) is 3.30. The van der Waals surface area contributed by atoms with Crippen molar-refractivity contribution in [1.29, 1.82) is 0 Å². The zero-order valence-corrected chi connectivity index (χ0v) is 12.6. The summed E-state index contributed by atoms with van der Waals surface area (Å²) in [5.41, 5.74) is 5.55. The number of hydrogen-bond acceptors (Lipinski definition) is 3. The van der Waals surface area contributed by atoms with Crippen LogP contribution in [0.4, 0.5) is 10.1 Å². The Labute approximate surface area is 119 Å². The molecule has 1 aromatic rings. The van der Waals surface area contributed by atoms with E-state index in [9.17, 15) is 12.8 Å². The summed E-state index contributed by atoms with van der Waals surface area (Å²) in [6, 6.07) is 3.74. The molecule has 0 radical (unpaired) electrons. The molecule has 0 spiro atoms. The number of halogens is 1. The molecule has 0 aliphatic heterocycles. The highest BCUT2D eigenvalue weighted by atomic mass is 32.2. The van der Waals surface area contributed by atoms with Crippen molar-refractivity contribution in [3.63, 3.8) is 0 Å². The molecule has 0 aromatic heterocycles. The molecule has 6 heteroatoms. The molecular weight excluding hydrogens is 279 g/mol. The topological polar surface area (TPSA) is 72.2 Å². The number of nitrogens with one attached hydrogen (secondary N) is 1. The van der Waals surface area contributed by atoms with Gasteiger partial charge in [-0.15, -0.1) is 0 Å². The minimum atomic E-state index is -3.92. The minimum Gasteiger partial charge on any atom is -0.398 e. The van der Waals surface area contributed by atoms with Gasteiger partial charge in [-0.05, 0) is 43.2 Å². The largest absolute Gasteiger partial charge is 0.398 e. The quantitative estimate of drug-likeness (QED) is 0.843. The van der Waals surface area contributed by atoms with E-state index in [0.717, 1.165) is 25.3 Å². The van der Waals surface area contributed by atoms with E-state index in [0.29, 0.717) is 11.8 Å². The van der Waals surface area contributed by atoms with E-state index in [4.69, 9.17) is 5.73 Å². The first-order chi connectivity index (χ1) is 9.29. The third-order valence-corrected chi connectivity index (χ3v) is 5.38. The Morgan fingerprint density at radius 3 is 2.35 bits per heavy atom. The van der Waals surface area contributed by atoms with Crippen molar-refractivity contribution in [2.24, 2.45) is 11.8 Å². The van der Waals surface area contributed by atoms with E-state index in [-0.39, 0.29) is 11.7 Å². The fraction of sp³-hybridized carbons (Fsp3) is 0.571. The number of nitrogens with two attached hydrogens (primary N) is 1. The Hall–Kier alpha value is -1.14. The Morgan fingerprint density at radius 1 is 1.20 bits per heavy atom. The summed E-state index contributed by atoms with van der Waals surface area (Å²) in [6.45, 7) is 4.21. The van der Waals surface area contributed by atoms with E-state index >= 15 is 0 Å². The van der Waals surface area contributed by atoms with Crippen LogP contribution >= 0.6 is 0 Å². The standard InChI is InChI=1S/C14H21FN2O2S/c1-9-6-10(2)8-11(7-9)17-20(18,19)14-12(15)4-3-5-13(14)16/h3-5,9-11,17H,6-8,16H2,1-2H3. The molecule has 0 saturated heterocycles. The van der Waals surface area contributed by atoms with Gasteiger partial charge in [-0.1, -0.05) is 19.9 Å². The van der Waals surface area contributed by atoms with Gasteiger partial charge in [0.2, 0.25) is 10.0 Å². The average Bonchev–Trinajstić information content (AvgIpc) is 2.25. The van der Waals surface area contributed by atoms with Gasteiger partial charge in [-0.25, -0.2) is 17.5 Å². The van der Waals surface area contributed by atoms with Crippen LogP contribution < -0.4 is 10.5 Å². The highest BCUT2D eigenvalue weighted by Gasteiger charge is 2.30. The Bertz CT molecular complexity index is 559. The molecule has 0 amide bonds. The second-order valence-electron chi connectivity index (χ2n) is 5.89. The summed E-state index contributed by atoms with van der Waals surface area (Å²) in [5, 5.41) is 0. The van der Waals surface area contributed by atoms with Crippen molar-refractivity contribution >= 4 is 15.7 Å². The van der Waals surface area contributed by atoms with Crippen LogP contribution in [0.3, 0.4) is 0 Å². The van der Waals surface area contributed by atoms with Crippen molar-refractivity contribution < 1.29 is 12.8 Å². The number of rotatable bonds is 3. The van der Waals surface area contributed by atoms with Crippen molar-refractivity contribution in [3.8, 4) is 0 Å². The number of anilines is 1. The highest BCUT2D eigenvalue weighted by Crippen LogP contribution is 2.30. The minimum absolute atomic E-state index is 0.0607. The maximum absolute atomic E-state index is 13.8. The summed E-state index contributed by atoms with van der Waals surface area (Å²) in [7, 11) is -3.92. The van der Waals surface area contributed by atoms with Crippen LogP contribution in [-0.4, -0.2) is 14.5 Å². The fourth-order valence-electron chi connectivity index (χ4n) is 3.13. The molecule has 2 unspecified atom stereocenters. The van der Waals surface area contributed by atoms with Gasteiger partial charge in [0.1, 0.15) is 10.7 Å². The summed E-state index contributed by atoms with van der Waals surface area (Å²) in [5.74, 6) is 0.114. The smallest absolute Gasteiger partial charge is 0.245 e. The van der Waals surface area contributed by atoms with Crippen LogP contribution in [0.1, 0.15) is 33.1 Å². The van der Waals surface area contributed by atoms with E-state index in [2.05, 4.69) is 18.6 Å². The van der Waals surface area contributed by atoms with Gasteiger partial charge in [-0.2, -0.15) is 0 Å². The highest BCUT2D eigenvalue weighted by molar-refractivity contribution is 7.89. The van der Waals surface area contributed by atoms with Crippen LogP contribution in [0.15, 0.2) is 23.1 Å². The Balaban J connectivity index is 2.23. The Morgan fingerprint density at radius 2 is 1.80 bits per heavy atom. The molecule has 4 nitrogen and oxygen atoms in total. The second-order valence-corrected chi connectivity index (χ2v) is 7.54. The maximum atomic E-state index is 13.8. The molecule has 2 rings (SSSR count).